The molecule has 0 spiro atoms. The molecule has 6 nitrogen and oxygen atoms in total. The molecule has 1 rings (SSSR count). The number of benzene rings is 1. The molecule has 0 radical (unpaired) electrons. The average molecular weight is 395 g/mol. The van der Waals surface area contributed by atoms with Crippen LogP contribution in [0.1, 0.15) is 74.2 Å². The molecule has 0 N–H and O–H groups in total. The van der Waals surface area contributed by atoms with E-state index in [4.69, 9.17) is 18.9 Å². The van der Waals surface area contributed by atoms with Crippen molar-refractivity contribution in [2.75, 3.05) is 27.9 Å². The van der Waals surface area contributed by atoms with Crippen molar-refractivity contribution >= 4 is 11.8 Å². The summed E-state index contributed by atoms with van der Waals surface area (Å²) >= 11 is 0. The fourth-order valence-corrected chi connectivity index (χ4v) is 3.25. The van der Waals surface area contributed by atoms with Crippen molar-refractivity contribution in [1.82, 2.24) is 0 Å². The van der Waals surface area contributed by atoms with Crippen LogP contribution in [0.4, 0.5) is 0 Å². The number of esters is 1. The standard InChI is InChI=1S/C22H34O6/c1-6-28-19(24)14-12-10-8-7-9-11-13-17(23)20-16(2)15-18(25-3)21(26-4)22(20)27-5/h15H,6-14H2,1-5H3. The van der Waals surface area contributed by atoms with Crippen LogP contribution < -0.4 is 14.2 Å². The van der Waals surface area contributed by atoms with Gasteiger partial charge in [0, 0.05) is 12.8 Å². The number of ketones is 1. The molecular formula is C22H34O6. The Morgan fingerprint density at radius 1 is 0.821 bits per heavy atom. The first kappa shape index (κ1) is 23.8. The molecule has 28 heavy (non-hydrogen) atoms. The number of rotatable bonds is 14. The van der Waals surface area contributed by atoms with Crippen molar-refractivity contribution in [2.24, 2.45) is 0 Å². The first-order chi connectivity index (χ1) is 13.5. The van der Waals surface area contributed by atoms with Gasteiger partial charge in [0.05, 0.1) is 33.5 Å². The number of hydrogen-bond acceptors (Lipinski definition) is 6. The second-order valence-corrected chi connectivity index (χ2v) is 6.69. The monoisotopic (exact) mass is 394 g/mol. The third kappa shape index (κ3) is 7.06. The van der Waals surface area contributed by atoms with E-state index in [2.05, 4.69) is 0 Å². The number of Topliss-reactive ketones (excluding diaryl/α,β-unsaturated/α-hetero) is 1. The molecule has 0 aliphatic rings. The van der Waals surface area contributed by atoms with E-state index in [1.54, 1.807) is 13.2 Å². The van der Waals surface area contributed by atoms with Crippen molar-refractivity contribution in [3.63, 3.8) is 0 Å². The highest BCUT2D eigenvalue weighted by atomic mass is 16.5. The SMILES string of the molecule is CCOC(=O)CCCCCCCCC(=O)c1c(C)cc(OC)c(OC)c1OC. The largest absolute Gasteiger partial charge is 0.493 e. The highest BCUT2D eigenvalue weighted by molar-refractivity contribution is 6.01. The summed E-state index contributed by atoms with van der Waals surface area (Å²) in [4.78, 5) is 24.0. The number of aryl methyl sites for hydroxylation is 1. The lowest BCUT2D eigenvalue weighted by molar-refractivity contribution is -0.143. The Labute approximate surface area is 168 Å². The molecule has 0 saturated heterocycles. The molecular weight excluding hydrogens is 360 g/mol. The van der Waals surface area contributed by atoms with Gasteiger partial charge in [-0.25, -0.2) is 0 Å². The van der Waals surface area contributed by atoms with Crippen LogP contribution >= 0.6 is 0 Å². The van der Waals surface area contributed by atoms with E-state index in [0.29, 0.717) is 42.3 Å². The normalized spacial score (nSPS) is 10.5. The molecule has 158 valence electrons. The first-order valence-electron chi connectivity index (χ1n) is 9.98. The van der Waals surface area contributed by atoms with Crippen LogP contribution in [-0.2, 0) is 9.53 Å². The molecule has 0 heterocycles. The van der Waals surface area contributed by atoms with E-state index < -0.39 is 0 Å². The summed E-state index contributed by atoms with van der Waals surface area (Å²) in [6.45, 7) is 4.14. The number of hydrogen-bond donors (Lipinski definition) is 0. The van der Waals surface area contributed by atoms with E-state index >= 15 is 0 Å². The minimum atomic E-state index is -0.118. The van der Waals surface area contributed by atoms with Gasteiger partial charge in [-0.1, -0.05) is 25.7 Å². The summed E-state index contributed by atoms with van der Waals surface area (Å²) in [5.74, 6) is 1.37. The molecule has 0 amide bonds. The number of unbranched alkanes of at least 4 members (excludes halogenated alkanes) is 5. The van der Waals surface area contributed by atoms with Gasteiger partial charge < -0.3 is 18.9 Å². The van der Waals surface area contributed by atoms with Gasteiger partial charge in [-0.05, 0) is 38.3 Å². The molecule has 0 fully saturated rings. The molecule has 0 atom stereocenters. The lowest BCUT2D eigenvalue weighted by atomic mass is 9.97. The van der Waals surface area contributed by atoms with Crippen molar-refractivity contribution in [3.8, 4) is 17.2 Å². The molecule has 1 aromatic carbocycles. The Hall–Kier alpha value is -2.24. The zero-order valence-electron chi connectivity index (χ0n) is 17.9. The summed E-state index contributed by atoms with van der Waals surface area (Å²) < 4.78 is 21.1. The van der Waals surface area contributed by atoms with Crippen LogP contribution in [0.15, 0.2) is 6.07 Å². The zero-order chi connectivity index (χ0) is 20.9. The highest BCUT2D eigenvalue weighted by Crippen LogP contribution is 2.42. The van der Waals surface area contributed by atoms with E-state index in [0.717, 1.165) is 44.1 Å². The Kier molecular flexibility index (Phi) is 11.1. The number of ether oxygens (including phenoxy) is 4. The van der Waals surface area contributed by atoms with E-state index in [1.165, 1.54) is 14.2 Å². The molecule has 0 bridgehead atoms. The summed E-state index contributed by atoms with van der Waals surface area (Å²) in [5, 5.41) is 0. The van der Waals surface area contributed by atoms with E-state index in [9.17, 15) is 9.59 Å². The fourth-order valence-electron chi connectivity index (χ4n) is 3.25. The van der Waals surface area contributed by atoms with Crippen molar-refractivity contribution in [1.29, 1.82) is 0 Å². The molecule has 0 aliphatic carbocycles. The summed E-state index contributed by atoms with van der Waals surface area (Å²) in [6, 6.07) is 1.80. The van der Waals surface area contributed by atoms with Crippen molar-refractivity contribution in [2.45, 2.75) is 65.2 Å². The fraction of sp³-hybridized carbons (Fsp3) is 0.636. The van der Waals surface area contributed by atoms with Gasteiger partial charge in [0.2, 0.25) is 5.75 Å². The van der Waals surface area contributed by atoms with Gasteiger partial charge in [-0.3, -0.25) is 9.59 Å². The van der Waals surface area contributed by atoms with Crippen molar-refractivity contribution < 1.29 is 28.5 Å². The third-order valence-corrected chi connectivity index (χ3v) is 4.65. The Morgan fingerprint density at radius 2 is 1.39 bits per heavy atom. The van der Waals surface area contributed by atoms with E-state index in [-0.39, 0.29) is 11.8 Å². The van der Waals surface area contributed by atoms with Gasteiger partial charge in [-0.15, -0.1) is 0 Å². The maximum Gasteiger partial charge on any atom is 0.305 e. The molecule has 0 aromatic heterocycles. The van der Waals surface area contributed by atoms with Crippen LogP contribution in [0.25, 0.3) is 0 Å². The van der Waals surface area contributed by atoms with Gasteiger partial charge in [0.25, 0.3) is 0 Å². The Morgan fingerprint density at radius 3 is 1.93 bits per heavy atom. The molecule has 1 aromatic rings. The second kappa shape index (κ2) is 13.0. The summed E-state index contributed by atoms with van der Waals surface area (Å²) in [5.41, 5.74) is 1.38. The number of methoxy groups -OCH3 is 3. The van der Waals surface area contributed by atoms with Crippen LogP contribution in [-0.4, -0.2) is 39.7 Å². The average Bonchev–Trinajstić information content (AvgIpc) is 2.68. The van der Waals surface area contributed by atoms with Crippen LogP contribution in [0, 0.1) is 6.92 Å². The molecule has 0 aliphatic heterocycles. The Bertz CT molecular complexity index is 638. The quantitative estimate of drug-likeness (QED) is 0.254. The lowest BCUT2D eigenvalue weighted by Gasteiger charge is -2.17. The van der Waals surface area contributed by atoms with Crippen LogP contribution in [0.2, 0.25) is 0 Å². The summed E-state index contributed by atoms with van der Waals surface area (Å²) in [7, 11) is 4.63. The van der Waals surface area contributed by atoms with Gasteiger partial charge in [0.1, 0.15) is 0 Å². The van der Waals surface area contributed by atoms with E-state index in [1.807, 2.05) is 13.8 Å². The maximum atomic E-state index is 12.8. The van der Waals surface area contributed by atoms with Gasteiger partial charge in [0.15, 0.2) is 17.3 Å². The van der Waals surface area contributed by atoms with Gasteiger partial charge >= 0.3 is 5.97 Å². The lowest BCUT2D eigenvalue weighted by Crippen LogP contribution is -2.07. The molecule has 0 unspecified atom stereocenters. The van der Waals surface area contributed by atoms with Gasteiger partial charge in [-0.2, -0.15) is 0 Å². The molecule has 6 heteroatoms. The minimum absolute atomic E-state index is 0.0533. The Balaban J connectivity index is 2.47. The topological polar surface area (TPSA) is 71.1 Å². The second-order valence-electron chi connectivity index (χ2n) is 6.69. The third-order valence-electron chi connectivity index (χ3n) is 4.65. The van der Waals surface area contributed by atoms with Crippen LogP contribution in [0.5, 0.6) is 17.2 Å². The highest BCUT2D eigenvalue weighted by Gasteiger charge is 2.23. The first-order valence-corrected chi connectivity index (χ1v) is 9.98. The predicted octanol–water partition coefficient (Wildman–Crippen LogP) is 4.89. The number of carbonyl (C=O) groups is 2. The van der Waals surface area contributed by atoms with Crippen LogP contribution in [0.3, 0.4) is 0 Å². The maximum absolute atomic E-state index is 12.8. The zero-order valence-corrected chi connectivity index (χ0v) is 17.9. The number of carbonyl (C=O) groups excluding carboxylic acids is 2. The summed E-state index contributed by atoms with van der Waals surface area (Å²) in [6.07, 6.45) is 6.76. The van der Waals surface area contributed by atoms with Crippen molar-refractivity contribution in [3.05, 3.63) is 17.2 Å². The molecule has 0 saturated carbocycles. The smallest absolute Gasteiger partial charge is 0.305 e. The minimum Gasteiger partial charge on any atom is -0.493 e. The predicted molar refractivity (Wildman–Crippen MR) is 109 cm³/mol.